The molecule has 5 heteroatoms. The van der Waals surface area contributed by atoms with Crippen LogP contribution in [-0.4, -0.2) is 14.1 Å². The number of sulfonamides is 1. The van der Waals surface area contributed by atoms with E-state index in [0.717, 1.165) is 30.0 Å². The molecule has 0 spiro atoms. The van der Waals surface area contributed by atoms with Gasteiger partial charge in [0.2, 0.25) is 0 Å². The zero-order valence-corrected chi connectivity index (χ0v) is 11.8. The lowest BCUT2D eigenvalue weighted by Gasteiger charge is -2.12. The summed E-state index contributed by atoms with van der Waals surface area (Å²) in [7, 11) is -3.52. The van der Waals surface area contributed by atoms with E-state index >= 15 is 0 Å². The van der Waals surface area contributed by atoms with Gasteiger partial charge in [-0.15, -0.1) is 0 Å². The quantitative estimate of drug-likeness (QED) is 0.863. The Labute approximate surface area is 114 Å². The lowest BCUT2D eigenvalue weighted by molar-refractivity contribution is 0.579. The summed E-state index contributed by atoms with van der Waals surface area (Å²) in [6.45, 7) is 1.93. The van der Waals surface area contributed by atoms with Crippen molar-refractivity contribution in [2.45, 2.75) is 37.5 Å². The number of benzene rings is 1. The van der Waals surface area contributed by atoms with Gasteiger partial charge in [0.15, 0.2) is 0 Å². The molecular formula is C14H18N2O2S. The number of hydrazone groups is 1. The van der Waals surface area contributed by atoms with Crippen molar-refractivity contribution < 1.29 is 8.42 Å². The second kappa shape index (κ2) is 4.63. The Hall–Kier alpha value is -1.36. The Morgan fingerprint density at radius 2 is 1.95 bits per heavy atom. The van der Waals surface area contributed by atoms with E-state index in [0.29, 0.717) is 5.92 Å². The van der Waals surface area contributed by atoms with Crippen molar-refractivity contribution in [1.29, 1.82) is 0 Å². The van der Waals surface area contributed by atoms with Crippen LogP contribution in [-0.2, 0) is 10.0 Å². The number of hydrogen-bond acceptors (Lipinski definition) is 3. The first-order valence-corrected chi connectivity index (χ1v) is 8.18. The molecule has 0 unspecified atom stereocenters. The average molecular weight is 278 g/mol. The Bertz CT molecular complexity index is 605. The number of nitrogens with one attached hydrogen (secondary N) is 1. The molecule has 2 atom stereocenters. The molecule has 1 aromatic carbocycles. The molecule has 1 aromatic rings. The van der Waals surface area contributed by atoms with Gasteiger partial charge in [-0.25, -0.2) is 4.83 Å². The highest BCUT2D eigenvalue weighted by molar-refractivity contribution is 7.89. The third-order valence-corrected chi connectivity index (χ3v) is 5.38. The average Bonchev–Trinajstić information content (AvgIpc) is 2.99. The smallest absolute Gasteiger partial charge is 0.200 e. The van der Waals surface area contributed by atoms with Crippen LogP contribution < -0.4 is 4.83 Å². The molecule has 2 bridgehead atoms. The molecule has 0 aliphatic heterocycles. The van der Waals surface area contributed by atoms with E-state index in [1.165, 1.54) is 12.8 Å². The predicted octanol–water partition coefficient (Wildman–Crippen LogP) is 2.45. The maximum atomic E-state index is 12.1. The molecule has 0 heterocycles. The van der Waals surface area contributed by atoms with Crippen molar-refractivity contribution in [3.63, 3.8) is 0 Å². The Balaban J connectivity index is 1.75. The SMILES string of the molecule is Cc1ccc(S(=O)(=O)N/N=C2/C[C@@H]3CC[C@H]2C3)cc1. The number of aryl methyl sites for hydroxylation is 1. The summed E-state index contributed by atoms with van der Waals surface area (Å²) in [5.41, 5.74) is 2.07. The Morgan fingerprint density at radius 1 is 1.21 bits per heavy atom. The molecule has 0 saturated heterocycles. The van der Waals surface area contributed by atoms with E-state index in [-0.39, 0.29) is 4.90 Å². The van der Waals surface area contributed by atoms with Gasteiger partial charge in [-0.1, -0.05) is 17.7 Å². The van der Waals surface area contributed by atoms with Crippen LogP contribution in [0.1, 0.15) is 31.2 Å². The number of fused-ring (bicyclic) bond motifs is 2. The number of nitrogens with zero attached hydrogens (tertiary/aromatic N) is 1. The molecule has 102 valence electrons. The zero-order valence-electron chi connectivity index (χ0n) is 11.0. The van der Waals surface area contributed by atoms with E-state index in [1.807, 2.05) is 6.92 Å². The molecule has 2 aliphatic carbocycles. The van der Waals surface area contributed by atoms with Crippen LogP contribution in [0.4, 0.5) is 0 Å². The van der Waals surface area contributed by atoms with Gasteiger partial charge in [0.25, 0.3) is 10.0 Å². The molecule has 4 nitrogen and oxygen atoms in total. The topological polar surface area (TPSA) is 58.5 Å². The highest BCUT2D eigenvalue weighted by atomic mass is 32.2. The lowest BCUT2D eigenvalue weighted by Crippen LogP contribution is -2.22. The van der Waals surface area contributed by atoms with Crippen molar-refractivity contribution >= 4 is 15.7 Å². The molecular weight excluding hydrogens is 260 g/mol. The minimum absolute atomic E-state index is 0.269. The minimum Gasteiger partial charge on any atom is -0.200 e. The van der Waals surface area contributed by atoms with Crippen LogP contribution in [0, 0.1) is 18.8 Å². The maximum Gasteiger partial charge on any atom is 0.276 e. The monoisotopic (exact) mass is 278 g/mol. The van der Waals surface area contributed by atoms with Gasteiger partial charge in [0, 0.05) is 5.71 Å². The molecule has 2 fully saturated rings. The van der Waals surface area contributed by atoms with E-state index < -0.39 is 10.0 Å². The van der Waals surface area contributed by atoms with Crippen molar-refractivity contribution in [1.82, 2.24) is 4.83 Å². The largest absolute Gasteiger partial charge is 0.276 e. The molecule has 1 N–H and O–H groups in total. The van der Waals surface area contributed by atoms with Gasteiger partial charge >= 0.3 is 0 Å². The molecule has 19 heavy (non-hydrogen) atoms. The normalized spacial score (nSPS) is 27.9. The summed E-state index contributed by atoms with van der Waals surface area (Å²) in [6, 6.07) is 6.80. The van der Waals surface area contributed by atoms with Gasteiger partial charge in [-0.05, 0) is 56.6 Å². The highest BCUT2D eigenvalue weighted by Crippen LogP contribution is 2.42. The van der Waals surface area contributed by atoms with E-state index in [9.17, 15) is 8.42 Å². The standard InChI is InChI=1S/C14H18N2O2S/c1-10-2-6-13(7-3-10)19(17,18)16-15-14-9-11-4-5-12(14)8-11/h2-3,6-7,11-12,16H,4-5,8-9H2,1H3/b15-14-/t11-,12+/m1/s1. The molecule has 2 aliphatic rings. The minimum atomic E-state index is -3.52. The molecule has 3 rings (SSSR count). The summed E-state index contributed by atoms with van der Waals surface area (Å²) in [5, 5.41) is 4.16. The van der Waals surface area contributed by atoms with E-state index in [2.05, 4.69) is 9.93 Å². The van der Waals surface area contributed by atoms with Crippen LogP contribution in [0.25, 0.3) is 0 Å². The second-order valence-electron chi connectivity index (χ2n) is 5.59. The molecule has 0 radical (unpaired) electrons. The van der Waals surface area contributed by atoms with Gasteiger partial charge in [0.05, 0.1) is 4.90 Å². The van der Waals surface area contributed by atoms with Crippen LogP contribution in [0.3, 0.4) is 0 Å². The third kappa shape index (κ3) is 2.52. The van der Waals surface area contributed by atoms with Crippen LogP contribution in [0.5, 0.6) is 0 Å². The van der Waals surface area contributed by atoms with Gasteiger partial charge in [-0.3, -0.25) is 0 Å². The van der Waals surface area contributed by atoms with Crippen molar-refractivity contribution in [2.75, 3.05) is 0 Å². The van der Waals surface area contributed by atoms with E-state index in [4.69, 9.17) is 0 Å². The summed E-state index contributed by atoms with van der Waals surface area (Å²) >= 11 is 0. The fourth-order valence-corrected chi connectivity index (χ4v) is 3.89. The fourth-order valence-electron chi connectivity index (χ4n) is 3.05. The van der Waals surface area contributed by atoms with Crippen LogP contribution >= 0.6 is 0 Å². The van der Waals surface area contributed by atoms with Gasteiger partial charge < -0.3 is 0 Å². The highest BCUT2D eigenvalue weighted by Gasteiger charge is 2.36. The Morgan fingerprint density at radius 3 is 2.53 bits per heavy atom. The number of rotatable bonds is 3. The first-order valence-electron chi connectivity index (χ1n) is 6.69. The van der Waals surface area contributed by atoms with Gasteiger partial charge in [0.1, 0.15) is 0 Å². The van der Waals surface area contributed by atoms with Crippen molar-refractivity contribution in [2.24, 2.45) is 16.9 Å². The predicted molar refractivity (Wildman–Crippen MR) is 74.4 cm³/mol. The van der Waals surface area contributed by atoms with Crippen molar-refractivity contribution in [3.05, 3.63) is 29.8 Å². The fraction of sp³-hybridized carbons (Fsp3) is 0.500. The second-order valence-corrected chi connectivity index (χ2v) is 7.25. The third-order valence-electron chi connectivity index (χ3n) is 4.15. The summed E-state index contributed by atoms with van der Waals surface area (Å²) < 4.78 is 24.2. The first kappa shape index (κ1) is 12.7. The first-order chi connectivity index (χ1) is 9.04. The maximum absolute atomic E-state index is 12.1. The van der Waals surface area contributed by atoms with Crippen LogP contribution in [0.2, 0.25) is 0 Å². The molecule has 2 saturated carbocycles. The summed E-state index contributed by atoms with van der Waals surface area (Å²) in [4.78, 5) is 2.65. The molecule has 0 amide bonds. The summed E-state index contributed by atoms with van der Waals surface area (Å²) in [5.74, 6) is 1.23. The lowest BCUT2D eigenvalue weighted by atomic mass is 9.99. The van der Waals surface area contributed by atoms with Crippen molar-refractivity contribution in [3.8, 4) is 0 Å². The van der Waals surface area contributed by atoms with E-state index in [1.54, 1.807) is 24.3 Å². The summed E-state index contributed by atoms with van der Waals surface area (Å²) in [6.07, 6.45) is 4.58. The Kier molecular flexibility index (Phi) is 3.09. The van der Waals surface area contributed by atoms with Gasteiger partial charge in [-0.2, -0.15) is 13.5 Å². The number of hydrogen-bond donors (Lipinski definition) is 1. The molecule has 0 aromatic heterocycles. The zero-order chi connectivity index (χ0) is 13.5. The van der Waals surface area contributed by atoms with Crippen LogP contribution in [0.15, 0.2) is 34.3 Å².